The van der Waals surface area contributed by atoms with Crippen LogP contribution in [0.3, 0.4) is 0 Å². The number of rotatable bonds is 2. The molecule has 3 aromatic rings. The van der Waals surface area contributed by atoms with Crippen molar-refractivity contribution in [3.8, 4) is 11.1 Å². The molecule has 2 saturated heterocycles. The number of amides is 1. The van der Waals surface area contributed by atoms with E-state index in [4.69, 9.17) is 11.6 Å². The average Bonchev–Trinajstić information content (AvgIpc) is 3.15. The molecule has 6 nitrogen and oxygen atoms in total. The maximum absolute atomic E-state index is 14.8. The zero-order valence-electron chi connectivity index (χ0n) is 18.2. The number of aryl methyl sites for hydroxylation is 1. The van der Waals surface area contributed by atoms with E-state index in [9.17, 15) is 18.4 Å². The first-order valence-corrected chi connectivity index (χ1v) is 12.6. The summed E-state index contributed by atoms with van der Waals surface area (Å²) in [5.74, 6) is -0.215. The van der Waals surface area contributed by atoms with Crippen LogP contribution in [-0.2, 0) is 11.3 Å². The van der Waals surface area contributed by atoms with Crippen LogP contribution in [0.25, 0.3) is 22.0 Å². The number of anilines is 1. The molecular weight excluding hydrogens is 482 g/mol. The number of carbonyl (C=O) groups is 1. The van der Waals surface area contributed by atoms with E-state index < -0.39 is 17.0 Å². The maximum atomic E-state index is 14.8. The van der Waals surface area contributed by atoms with E-state index in [0.29, 0.717) is 64.1 Å². The zero-order chi connectivity index (χ0) is 23.6. The van der Waals surface area contributed by atoms with E-state index in [1.165, 1.54) is 23.9 Å². The molecule has 0 aliphatic carbocycles. The summed E-state index contributed by atoms with van der Waals surface area (Å²) in [6.07, 6.45) is 2.38. The van der Waals surface area contributed by atoms with Crippen molar-refractivity contribution in [1.29, 1.82) is 0 Å². The van der Waals surface area contributed by atoms with Crippen LogP contribution in [0.2, 0.25) is 5.02 Å². The third-order valence-electron chi connectivity index (χ3n) is 7.16. The molecular formula is C24H21ClF2N4O2S. The Morgan fingerprint density at radius 3 is 2.76 bits per heavy atom. The van der Waals surface area contributed by atoms with Crippen molar-refractivity contribution in [2.24, 2.45) is 5.41 Å². The molecule has 3 aliphatic rings. The largest absolute Gasteiger partial charge is 0.356 e. The monoisotopic (exact) mass is 502 g/mol. The quantitative estimate of drug-likeness (QED) is 0.568. The molecule has 4 heterocycles. The SMILES string of the molecule is O=C1NCCC12CCCN(c1nc(=O)n3c4c(c(-c5ccc(F)cc5F)c(Cl)cc14)SCC3)C2. The van der Waals surface area contributed by atoms with E-state index in [1.807, 2.05) is 4.90 Å². The summed E-state index contributed by atoms with van der Waals surface area (Å²) in [6.45, 7) is 2.29. The lowest BCUT2D eigenvalue weighted by Crippen LogP contribution is -2.48. The van der Waals surface area contributed by atoms with Crippen molar-refractivity contribution in [1.82, 2.24) is 14.9 Å². The molecule has 1 spiro atoms. The molecule has 0 saturated carbocycles. The van der Waals surface area contributed by atoms with E-state index in [0.717, 1.165) is 25.3 Å². The lowest BCUT2D eigenvalue weighted by atomic mass is 9.78. The van der Waals surface area contributed by atoms with E-state index in [-0.39, 0.29) is 17.2 Å². The Morgan fingerprint density at radius 2 is 2.00 bits per heavy atom. The van der Waals surface area contributed by atoms with Gasteiger partial charge in [0.15, 0.2) is 0 Å². The number of hydrogen-bond donors (Lipinski definition) is 1. The van der Waals surface area contributed by atoms with Gasteiger partial charge in [0.2, 0.25) is 5.91 Å². The van der Waals surface area contributed by atoms with Crippen LogP contribution in [0.5, 0.6) is 0 Å². The molecule has 1 amide bonds. The van der Waals surface area contributed by atoms with Gasteiger partial charge in [0, 0.05) is 59.4 Å². The molecule has 1 N–H and O–H groups in total. The number of hydrogen-bond acceptors (Lipinski definition) is 5. The van der Waals surface area contributed by atoms with Crippen LogP contribution in [0.1, 0.15) is 19.3 Å². The maximum Gasteiger partial charge on any atom is 0.350 e. The first kappa shape index (κ1) is 21.9. The Morgan fingerprint density at radius 1 is 1.15 bits per heavy atom. The summed E-state index contributed by atoms with van der Waals surface area (Å²) >= 11 is 8.23. The van der Waals surface area contributed by atoms with E-state index >= 15 is 0 Å². The number of nitrogens with zero attached hydrogens (tertiary/aromatic N) is 3. The van der Waals surface area contributed by atoms with Crippen molar-refractivity contribution >= 4 is 46.0 Å². The molecule has 1 atom stereocenters. The fourth-order valence-corrected chi connectivity index (χ4v) is 7.11. The Labute approximate surface area is 203 Å². The molecule has 0 radical (unpaired) electrons. The zero-order valence-corrected chi connectivity index (χ0v) is 19.7. The van der Waals surface area contributed by atoms with Crippen LogP contribution in [-0.4, -0.2) is 40.8 Å². The van der Waals surface area contributed by atoms with Crippen molar-refractivity contribution in [3.63, 3.8) is 0 Å². The number of nitrogens with one attached hydrogen (secondary N) is 1. The van der Waals surface area contributed by atoms with Gasteiger partial charge in [0.05, 0.1) is 16.0 Å². The van der Waals surface area contributed by atoms with Crippen LogP contribution in [0.4, 0.5) is 14.6 Å². The van der Waals surface area contributed by atoms with Crippen molar-refractivity contribution in [2.75, 3.05) is 30.3 Å². The van der Waals surface area contributed by atoms with Gasteiger partial charge in [-0.1, -0.05) is 11.6 Å². The van der Waals surface area contributed by atoms with Gasteiger partial charge in [-0.2, -0.15) is 4.98 Å². The fraction of sp³-hybridized carbons (Fsp3) is 0.375. The second kappa shape index (κ2) is 7.95. The Kier molecular flexibility index (Phi) is 5.11. The Bertz CT molecular complexity index is 1430. The van der Waals surface area contributed by atoms with Gasteiger partial charge in [-0.05, 0) is 37.5 Å². The van der Waals surface area contributed by atoms with Crippen molar-refractivity contribution < 1.29 is 13.6 Å². The highest BCUT2D eigenvalue weighted by atomic mass is 35.5. The van der Waals surface area contributed by atoms with Gasteiger partial charge >= 0.3 is 5.69 Å². The summed E-state index contributed by atoms with van der Waals surface area (Å²) in [4.78, 5) is 32.9. The molecule has 2 fully saturated rings. The minimum Gasteiger partial charge on any atom is -0.356 e. The molecule has 10 heteroatoms. The molecule has 176 valence electrons. The number of thioether (sulfide) groups is 1. The predicted molar refractivity (Wildman–Crippen MR) is 129 cm³/mol. The highest BCUT2D eigenvalue weighted by Crippen LogP contribution is 2.47. The number of carbonyl (C=O) groups excluding carboxylic acids is 1. The Hall–Kier alpha value is -2.65. The van der Waals surface area contributed by atoms with Gasteiger partial charge in [0.25, 0.3) is 0 Å². The molecule has 2 aromatic carbocycles. The minimum atomic E-state index is -0.711. The van der Waals surface area contributed by atoms with E-state index in [1.54, 1.807) is 10.6 Å². The second-order valence-corrected chi connectivity index (χ2v) is 10.6. The molecule has 1 unspecified atom stereocenters. The van der Waals surface area contributed by atoms with Gasteiger partial charge in [0.1, 0.15) is 17.5 Å². The molecule has 6 rings (SSSR count). The lowest BCUT2D eigenvalue weighted by Gasteiger charge is -2.39. The van der Waals surface area contributed by atoms with Gasteiger partial charge < -0.3 is 10.2 Å². The lowest BCUT2D eigenvalue weighted by molar-refractivity contribution is -0.128. The highest BCUT2D eigenvalue weighted by Gasteiger charge is 2.46. The number of aromatic nitrogens is 2. The first-order chi connectivity index (χ1) is 16.4. The first-order valence-electron chi connectivity index (χ1n) is 11.3. The van der Waals surface area contributed by atoms with Crippen LogP contribution >= 0.6 is 23.4 Å². The fourth-order valence-electron chi connectivity index (χ4n) is 5.55. The van der Waals surface area contributed by atoms with Crippen LogP contribution in [0, 0.1) is 17.0 Å². The number of piperidine rings is 1. The average molecular weight is 503 g/mol. The topological polar surface area (TPSA) is 67.2 Å². The third-order valence-corrected chi connectivity index (χ3v) is 8.53. The van der Waals surface area contributed by atoms with Crippen LogP contribution in [0.15, 0.2) is 34.0 Å². The number of halogens is 3. The third kappa shape index (κ3) is 3.24. The molecule has 1 aromatic heterocycles. The summed E-state index contributed by atoms with van der Waals surface area (Å²) in [5, 5.41) is 3.95. The molecule has 34 heavy (non-hydrogen) atoms. The molecule has 0 bridgehead atoms. The second-order valence-electron chi connectivity index (χ2n) is 9.11. The van der Waals surface area contributed by atoms with Gasteiger partial charge in [-0.3, -0.25) is 9.36 Å². The van der Waals surface area contributed by atoms with Gasteiger partial charge in [-0.25, -0.2) is 13.6 Å². The normalized spacial score (nSPS) is 22.0. The smallest absolute Gasteiger partial charge is 0.350 e. The Balaban J connectivity index is 1.58. The van der Waals surface area contributed by atoms with Crippen molar-refractivity contribution in [2.45, 2.75) is 30.7 Å². The van der Waals surface area contributed by atoms with Gasteiger partial charge in [-0.15, -0.1) is 11.8 Å². The number of benzene rings is 2. The summed E-state index contributed by atoms with van der Waals surface area (Å²) in [6, 6.07) is 5.13. The standard InChI is InChI=1S/C24H21ClF2N4O2S/c25-16-11-15-19-20(18(16)14-3-2-13(26)10-17(14)27)34-9-8-31(19)23(33)29-21(15)30-7-1-4-24(12-30)5-6-28-22(24)32/h2-3,10-11H,1,4-9,12H2,(H,28,32). The highest BCUT2D eigenvalue weighted by molar-refractivity contribution is 7.99. The van der Waals surface area contributed by atoms with Crippen LogP contribution < -0.4 is 15.9 Å². The van der Waals surface area contributed by atoms with Crippen molar-refractivity contribution in [3.05, 3.63) is 51.4 Å². The minimum absolute atomic E-state index is 0.0549. The summed E-state index contributed by atoms with van der Waals surface area (Å²) in [7, 11) is 0. The predicted octanol–water partition coefficient (Wildman–Crippen LogP) is 4.21. The summed E-state index contributed by atoms with van der Waals surface area (Å²) in [5.41, 5.74) is 0.440. The molecule has 3 aliphatic heterocycles. The van der Waals surface area contributed by atoms with E-state index in [2.05, 4.69) is 10.3 Å². The summed E-state index contributed by atoms with van der Waals surface area (Å²) < 4.78 is 30.0.